The predicted octanol–water partition coefficient (Wildman–Crippen LogP) is 3.47. The van der Waals surface area contributed by atoms with Gasteiger partial charge in [-0.2, -0.15) is 5.10 Å². The van der Waals surface area contributed by atoms with E-state index in [4.69, 9.17) is 4.74 Å². The number of rotatable bonds is 7. The highest BCUT2D eigenvalue weighted by molar-refractivity contribution is 5.26. The molecule has 1 fully saturated rings. The van der Waals surface area contributed by atoms with Crippen LogP contribution in [-0.2, 0) is 17.8 Å². The van der Waals surface area contributed by atoms with Crippen molar-refractivity contribution in [2.45, 2.75) is 39.0 Å². The highest BCUT2D eigenvalue weighted by atomic mass is 16.5. The van der Waals surface area contributed by atoms with E-state index < -0.39 is 0 Å². The lowest BCUT2D eigenvalue weighted by Crippen LogP contribution is -2.31. The maximum absolute atomic E-state index is 5.84. The summed E-state index contributed by atoms with van der Waals surface area (Å²) in [7, 11) is 0. The Morgan fingerprint density at radius 2 is 2.17 bits per heavy atom. The monoisotopic (exact) mass is 311 g/mol. The lowest BCUT2D eigenvalue weighted by molar-refractivity contribution is 0.0678. The molecule has 0 radical (unpaired) electrons. The number of hydrogen-bond acceptors (Lipinski definition) is 3. The molecule has 0 saturated carbocycles. The van der Waals surface area contributed by atoms with Gasteiger partial charge in [0.05, 0.1) is 12.3 Å². The smallest absolute Gasteiger partial charge is 0.0703 e. The van der Waals surface area contributed by atoms with Crippen molar-refractivity contribution in [2.75, 3.05) is 13.2 Å². The molecule has 1 aliphatic rings. The fraction of sp³-hybridized carbons (Fsp3) is 0.421. The topological polar surface area (TPSA) is 30.3 Å². The first-order valence-electron chi connectivity index (χ1n) is 8.29. The summed E-state index contributed by atoms with van der Waals surface area (Å²) in [6.07, 6.45) is 6.40. The van der Waals surface area contributed by atoms with Gasteiger partial charge in [0.25, 0.3) is 0 Å². The third-order valence-electron chi connectivity index (χ3n) is 4.45. The molecule has 3 rings (SSSR count). The van der Waals surface area contributed by atoms with Crippen LogP contribution in [0.4, 0.5) is 0 Å². The normalized spacial score (nSPS) is 17.7. The van der Waals surface area contributed by atoms with Crippen LogP contribution in [0.2, 0.25) is 0 Å². The van der Waals surface area contributed by atoms with Gasteiger partial charge in [-0.25, -0.2) is 4.68 Å². The summed E-state index contributed by atoms with van der Waals surface area (Å²) in [5.74, 6) is 0. The lowest BCUT2D eigenvalue weighted by atomic mass is 10.1. The van der Waals surface area contributed by atoms with E-state index in [1.165, 1.54) is 17.5 Å². The summed E-state index contributed by atoms with van der Waals surface area (Å²) in [5, 5.41) is 4.37. The van der Waals surface area contributed by atoms with Crippen molar-refractivity contribution < 1.29 is 4.74 Å². The second-order valence-electron chi connectivity index (χ2n) is 6.17. The molecule has 0 aliphatic carbocycles. The third-order valence-corrected chi connectivity index (χ3v) is 4.45. The molecule has 1 aliphatic heterocycles. The van der Waals surface area contributed by atoms with E-state index in [1.54, 1.807) is 6.20 Å². The Hall–Kier alpha value is -1.91. The first-order valence-corrected chi connectivity index (χ1v) is 8.29. The highest BCUT2D eigenvalue weighted by Gasteiger charge is 2.20. The van der Waals surface area contributed by atoms with Crippen LogP contribution in [0.25, 0.3) is 6.20 Å². The molecule has 1 saturated heterocycles. The Morgan fingerprint density at radius 3 is 2.83 bits per heavy atom. The van der Waals surface area contributed by atoms with Crippen LogP contribution in [0, 0.1) is 6.92 Å². The van der Waals surface area contributed by atoms with Crippen molar-refractivity contribution in [1.82, 2.24) is 14.7 Å². The summed E-state index contributed by atoms with van der Waals surface area (Å²) in [5.41, 5.74) is 3.74. The first-order chi connectivity index (χ1) is 11.3. The highest BCUT2D eigenvalue weighted by Crippen LogP contribution is 2.18. The van der Waals surface area contributed by atoms with E-state index in [0.717, 1.165) is 38.4 Å². The van der Waals surface area contributed by atoms with Crippen molar-refractivity contribution in [2.24, 2.45) is 0 Å². The zero-order valence-corrected chi connectivity index (χ0v) is 13.8. The second-order valence-corrected chi connectivity index (χ2v) is 6.17. The second kappa shape index (κ2) is 7.57. The van der Waals surface area contributed by atoms with Crippen LogP contribution in [0.1, 0.15) is 29.7 Å². The summed E-state index contributed by atoms with van der Waals surface area (Å²) < 4.78 is 7.67. The van der Waals surface area contributed by atoms with Gasteiger partial charge in [-0.1, -0.05) is 36.9 Å². The molecule has 1 atom stereocenters. The molecule has 4 nitrogen and oxygen atoms in total. The van der Waals surface area contributed by atoms with E-state index in [0.29, 0.717) is 6.10 Å². The van der Waals surface area contributed by atoms with Gasteiger partial charge >= 0.3 is 0 Å². The molecule has 0 unspecified atom stereocenters. The quantitative estimate of drug-likeness (QED) is 0.784. The minimum atomic E-state index is 0.355. The van der Waals surface area contributed by atoms with Crippen LogP contribution in [-0.4, -0.2) is 33.9 Å². The Labute approximate surface area is 138 Å². The molecule has 0 amide bonds. The minimum Gasteiger partial charge on any atom is -0.377 e. The molecule has 0 N–H and O–H groups in total. The SMILES string of the molecule is C=Cn1ncc(CN(Cc2ccccc2)C[C@H]2CCCO2)c1C. The van der Waals surface area contributed by atoms with E-state index in [-0.39, 0.29) is 0 Å². The van der Waals surface area contributed by atoms with Gasteiger partial charge in [0.2, 0.25) is 0 Å². The maximum Gasteiger partial charge on any atom is 0.0703 e. The summed E-state index contributed by atoms with van der Waals surface area (Å²) in [6, 6.07) is 10.6. The number of ether oxygens (including phenoxy) is 1. The molecule has 0 spiro atoms. The van der Waals surface area contributed by atoms with Gasteiger partial charge in [-0.05, 0) is 25.3 Å². The van der Waals surface area contributed by atoms with E-state index in [1.807, 2.05) is 10.9 Å². The Balaban J connectivity index is 1.73. The summed E-state index contributed by atoms with van der Waals surface area (Å²) >= 11 is 0. The molecule has 23 heavy (non-hydrogen) atoms. The zero-order valence-electron chi connectivity index (χ0n) is 13.8. The van der Waals surface area contributed by atoms with E-state index in [2.05, 4.69) is 53.8 Å². The molecule has 122 valence electrons. The van der Waals surface area contributed by atoms with Gasteiger partial charge in [0, 0.05) is 43.7 Å². The van der Waals surface area contributed by atoms with Crippen molar-refractivity contribution in [3.63, 3.8) is 0 Å². The summed E-state index contributed by atoms with van der Waals surface area (Å²) in [6.45, 7) is 9.58. The average molecular weight is 311 g/mol. The molecular weight excluding hydrogens is 286 g/mol. The van der Waals surface area contributed by atoms with Crippen LogP contribution in [0.15, 0.2) is 43.1 Å². The standard InChI is InChI=1S/C19H25N3O/c1-3-22-16(2)18(12-20-22)14-21(15-19-10-7-11-23-19)13-17-8-5-4-6-9-17/h3-6,8-9,12,19H,1,7,10-11,13-15H2,2H3/t19-/m1/s1. The van der Waals surface area contributed by atoms with Crippen molar-refractivity contribution in [3.8, 4) is 0 Å². The number of benzene rings is 1. The Kier molecular flexibility index (Phi) is 5.26. The van der Waals surface area contributed by atoms with Gasteiger partial charge in [-0.3, -0.25) is 4.90 Å². The van der Waals surface area contributed by atoms with Gasteiger partial charge in [0.15, 0.2) is 0 Å². The van der Waals surface area contributed by atoms with Crippen LogP contribution >= 0.6 is 0 Å². The molecule has 2 aromatic rings. The van der Waals surface area contributed by atoms with Gasteiger partial charge < -0.3 is 4.74 Å². The third kappa shape index (κ3) is 4.09. The molecule has 4 heteroatoms. The zero-order chi connectivity index (χ0) is 16.1. The fourth-order valence-corrected chi connectivity index (χ4v) is 3.14. The van der Waals surface area contributed by atoms with Crippen molar-refractivity contribution in [3.05, 3.63) is 59.9 Å². The maximum atomic E-state index is 5.84. The van der Waals surface area contributed by atoms with Crippen LogP contribution < -0.4 is 0 Å². The van der Waals surface area contributed by atoms with Crippen molar-refractivity contribution in [1.29, 1.82) is 0 Å². The predicted molar refractivity (Wildman–Crippen MR) is 92.9 cm³/mol. The van der Waals surface area contributed by atoms with Crippen LogP contribution in [0.3, 0.4) is 0 Å². The molecule has 0 bridgehead atoms. The average Bonchev–Trinajstić information content (AvgIpc) is 3.19. The Morgan fingerprint density at radius 1 is 1.35 bits per heavy atom. The van der Waals surface area contributed by atoms with Gasteiger partial charge in [-0.15, -0.1) is 0 Å². The Bertz CT molecular complexity index is 629. The number of nitrogens with zero attached hydrogens (tertiary/aromatic N) is 3. The lowest BCUT2D eigenvalue weighted by Gasteiger charge is -2.25. The molecule has 1 aromatic carbocycles. The number of hydrogen-bond donors (Lipinski definition) is 0. The minimum absolute atomic E-state index is 0.355. The van der Waals surface area contributed by atoms with E-state index >= 15 is 0 Å². The molecular formula is C19H25N3O. The first kappa shape index (κ1) is 16.0. The largest absolute Gasteiger partial charge is 0.377 e. The van der Waals surface area contributed by atoms with Crippen molar-refractivity contribution >= 4 is 6.20 Å². The van der Waals surface area contributed by atoms with E-state index in [9.17, 15) is 0 Å². The fourth-order valence-electron chi connectivity index (χ4n) is 3.14. The molecule has 2 heterocycles. The molecule has 1 aromatic heterocycles. The van der Waals surface area contributed by atoms with Crippen LogP contribution in [0.5, 0.6) is 0 Å². The number of aromatic nitrogens is 2. The van der Waals surface area contributed by atoms with Gasteiger partial charge in [0.1, 0.15) is 0 Å². The summed E-state index contributed by atoms with van der Waals surface area (Å²) in [4.78, 5) is 2.46.